The van der Waals surface area contributed by atoms with Gasteiger partial charge in [-0.1, -0.05) is 11.6 Å². The summed E-state index contributed by atoms with van der Waals surface area (Å²) in [6.45, 7) is 2.24. The molecule has 1 heterocycles. The number of hydrogen-bond donors (Lipinski definition) is 1. The molecule has 1 aliphatic heterocycles. The highest BCUT2D eigenvalue weighted by atomic mass is 35.5. The second-order valence-corrected chi connectivity index (χ2v) is 4.68. The van der Waals surface area contributed by atoms with Crippen LogP contribution in [0.5, 0.6) is 0 Å². The maximum absolute atomic E-state index is 11.8. The molecule has 0 unspecified atom stereocenters. The van der Waals surface area contributed by atoms with E-state index in [0.717, 1.165) is 11.3 Å². The van der Waals surface area contributed by atoms with Gasteiger partial charge in [-0.25, -0.2) is 0 Å². The minimum Gasteiger partial charge on any atom is -0.369 e. The first-order chi connectivity index (χ1) is 7.99. The lowest BCUT2D eigenvalue weighted by Crippen LogP contribution is -2.28. The molecule has 0 bridgehead atoms. The number of hydrogen-bond acceptors (Lipinski definition) is 2. The molecule has 1 aliphatic rings. The van der Waals surface area contributed by atoms with Crippen LogP contribution in [0.4, 0.5) is 5.69 Å². The molecule has 1 atom stereocenters. The lowest BCUT2D eigenvalue weighted by Gasteiger charge is -2.18. The molecule has 17 heavy (non-hydrogen) atoms. The van der Waals surface area contributed by atoms with Crippen molar-refractivity contribution in [3.05, 3.63) is 28.8 Å². The maximum Gasteiger partial charge on any atom is 0.227 e. The van der Waals surface area contributed by atoms with E-state index < -0.39 is 11.8 Å². The fraction of sp³-hybridized carbons (Fsp3) is 0.333. The molecule has 4 nitrogen and oxygen atoms in total. The summed E-state index contributed by atoms with van der Waals surface area (Å²) in [7, 11) is 0. The van der Waals surface area contributed by atoms with Gasteiger partial charge >= 0.3 is 0 Å². The number of anilines is 1. The molecule has 0 saturated carbocycles. The van der Waals surface area contributed by atoms with Crippen molar-refractivity contribution in [3.63, 3.8) is 0 Å². The lowest BCUT2D eigenvalue weighted by atomic mass is 10.1. The number of aryl methyl sites for hydroxylation is 1. The molecule has 5 heteroatoms. The summed E-state index contributed by atoms with van der Waals surface area (Å²) in [5.74, 6) is -0.885. The summed E-state index contributed by atoms with van der Waals surface area (Å²) in [6.07, 6.45) is 0.192. The van der Waals surface area contributed by atoms with Gasteiger partial charge in [-0.05, 0) is 30.7 Å². The lowest BCUT2D eigenvalue weighted by molar-refractivity contribution is -0.123. The predicted molar refractivity (Wildman–Crippen MR) is 65.8 cm³/mol. The molecule has 0 aromatic heterocycles. The number of rotatable bonds is 2. The van der Waals surface area contributed by atoms with Crippen LogP contribution in [0, 0.1) is 12.8 Å². The van der Waals surface area contributed by atoms with Gasteiger partial charge < -0.3 is 10.6 Å². The van der Waals surface area contributed by atoms with Crippen molar-refractivity contribution in [1.29, 1.82) is 0 Å². The molecule has 0 spiro atoms. The van der Waals surface area contributed by atoms with Crippen molar-refractivity contribution in [2.24, 2.45) is 11.7 Å². The minimum atomic E-state index is -0.424. The quantitative estimate of drug-likeness (QED) is 0.867. The van der Waals surface area contributed by atoms with E-state index in [1.807, 2.05) is 6.92 Å². The van der Waals surface area contributed by atoms with Crippen molar-refractivity contribution >= 4 is 29.1 Å². The average Bonchev–Trinajstić information content (AvgIpc) is 2.61. The van der Waals surface area contributed by atoms with Crippen molar-refractivity contribution in [2.75, 3.05) is 11.4 Å². The average molecular weight is 253 g/mol. The summed E-state index contributed by atoms with van der Waals surface area (Å²) < 4.78 is 0. The highest BCUT2D eigenvalue weighted by molar-refractivity contribution is 6.30. The van der Waals surface area contributed by atoms with E-state index in [1.54, 1.807) is 23.1 Å². The third kappa shape index (κ3) is 2.26. The maximum atomic E-state index is 11.8. The van der Waals surface area contributed by atoms with E-state index in [-0.39, 0.29) is 12.3 Å². The molecular weight excluding hydrogens is 240 g/mol. The molecule has 1 fully saturated rings. The molecule has 1 aromatic carbocycles. The second kappa shape index (κ2) is 4.37. The fourth-order valence-electron chi connectivity index (χ4n) is 2.05. The highest BCUT2D eigenvalue weighted by Crippen LogP contribution is 2.29. The van der Waals surface area contributed by atoms with E-state index in [1.165, 1.54) is 0 Å². The van der Waals surface area contributed by atoms with Gasteiger partial charge in [0.1, 0.15) is 0 Å². The number of benzene rings is 1. The minimum absolute atomic E-state index is 0.0702. The Balaban J connectivity index is 2.29. The van der Waals surface area contributed by atoms with Crippen LogP contribution in [-0.2, 0) is 9.59 Å². The Morgan fingerprint density at radius 3 is 2.76 bits per heavy atom. The van der Waals surface area contributed by atoms with Crippen molar-refractivity contribution in [3.8, 4) is 0 Å². The first-order valence-corrected chi connectivity index (χ1v) is 5.72. The normalized spacial score (nSPS) is 19.8. The third-order valence-corrected chi connectivity index (χ3v) is 3.21. The van der Waals surface area contributed by atoms with E-state index in [9.17, 15) is 9.59 Å². The Morgan fingerprint density at radius 2 is 2.24 bits per heavy atom. The van der Waals surface area contributed by atoms with Gasteiger partial charge in [0, 0.05) is 23.7 Å². The molecule has 0 aliphatic carbocycles. The van der Waals surface area contributed by atoms with Gasteiger partial charge in [0.25, 0.3) is 0 Å². The molecule has 1 aromatic rings. The number of halogens is 1. The zero-order valence-electron chi connectivity index (χ0n) is 9.44. The van der Waals surface area contributed by atoms with Crippen LogP contribution in [0.1, 0.15) is 12.0 Å². The highest BCUT2D eigenvalue weighted by Gasteiger charge is 2.34. The van der Waals surface area contributed by atoms with Gasteiger partial charge in [-0.15, -0.1) is 0 Å². The summed E-state index contributed by atoms with van der Waals surface area (Å²) >= 11 is 5.86. The monoisotopic (exact) mass is 252 g/mol. The number of nitrogens with two attached hydrogens (primary N) is 1. The Bertz CT molecular complexity index is 487. The van der Waals surface area contributed by atoms with Crippen LogP contribution in [0.2, 0.25) is 5.02 Å². The molecular formula is C12H13ClN2O2. The zero-order chi connectivity index (χ0) is 12.6. The molecule has 2 amide bonds. The molecule has 0 radical (unpaired) electrons. The van der Waals surface area contributed by atoms with Gasteiger partial charge in [-0.2, -0.15) is 0 Å². The van der Waals surface area contributed by atoms with Gasteiger partial charge in [-0.3, -0.25) is 9.59 Å². The third-order valence-electron chi connectivity index (χ3n) is 2.98. The molecule has 2 rings (SSSR count). The number of primary amides is 1. The van der Waals surface area contributed by atoms with Crippen LogP contribution in [-0.4, -0.2) is 18.4 Å². The number of amides is 2. The fourth-order valence-corrected chi connectivity index (χ4v) is 2.28. The summed E-state index contributed by atoms with van der Waals surface area (Å²) in [5, 5.41) is 0.629. The zero-order valence-corrected chi connectivity index (χ0v) is 10.2. The number of nitrogens with zero attached hydrogens (tertiary/aromatic N) is 1. The van der Waals surface area contributed by atoms with Crippen LogP contribution >= 0.6 is 11.6 Å². The van der Waals surface area contributed by atoms with Crippen LogP contribution in [0.3, 0.4) is 0 Å². The molecule has 2 N–H and O–H groups in total. The van der Waals surface area contributed by atoms with E-state index in [2.05, 4.69) is 0 Å². The van der Waals surface area contributed by atoms with Crippen LogP contribution < -0.4 is 10.6 Å². The van der Waals surface area contributed by atoms with Crippen molar-refractivity contribution in [1.82, 2.24) is 0 Å². The van der Waals surface area contributed by atoms with Gasteiger partial charge in [0.2, 0.25) is 11.8 Å². The first-order valence-electron chi connectivity index (χ1n) is 5.35. The topological polar surface area (TPSA) is 63.4 Å². The van der Waals surface area contributed by atoms with Crippen molar-refractivity contribution < 1.29 is 9.59 Å². The van der Waals surface area contributed by atoms with Crippen LogP contribution in [0.15, 0.2) is 18.2 Å². The number of carbonyl (C=O) groups excluding carboxylic acids is 2. The Kier molecular flexibility index (Phi) is 3.07. The Labute approximate surface area is 104 Å². The van der Waals surface area contributed by atoms with E-state index in [4.69, 9.17) is 17.3 Å². The summed E-state index contributed by atoms with van der Waals surface area (Å²) in [5.41, 5.74) is 6.93. The van der Waals surface area contributed by atoms with Crippen molar-refractivity contribution in [2.45, 2.75) is 13.3 Å². The smallest absolute Gasteiger partial charge is 0.227 e. The predicted octanol–water partition coefficient (Wildman–Crippen LogP) is 1.49. The summed E-state index contributed by atoms with van der Waals surface area (Å²) in [4.78, 5) is 24.5. The number of carbonyl (C=O) groups is 2. The second-order valence-electron chi connectivity index (χ2n) is 4.24. The largest absolute Gasteiger partial charge is 0.369 e. The Morgan fingerprint density at radius 1 is 1.53 bits per heavy atom. The summed E-state index contributed by atoms with van der Waals surface area (Å²) in [6, 6.07) is 5.31. The molecule has 90 valence electrons. The first kappa shape index (κ1) is 11.9. The van der Waals surface area contributed by atoms with Crippen LogP contribution in [0.25, 0.3) is 0 Å². The Hall–Kier alpha value is -1.55. The van der Waals surface area contributed by atoms with E-state index >= 15 is 0 Å². The van der Waals surface area contributed by atoms with E-state index in [0.29, 0.717) is 11.6 Å². The SMILES string of the molecule is Cc1cc(Cl)ccc1N1C[C@@H](C(N)=O)CC1=O. The molecule has 1 saturated heterocycles. The van der Waals surface area contributed by atoms with Gasteiger partial charge in [0.05, 0.1) is 5.92 Å². The van der Waals surface area contributed by atoms with Gasteiger partial charge in [0.15, 0.2) is 0 Å². The standard InChI is InChI=1S/C12H13ClN2O2/c1-7-4-9(13)2-3-10(7)15-6-8(12(14)17)5-11(15)16/h2-4,8H,5-6H2,1H3,(H2,14,17)/t8-/m0/s1.